The standard InChI is InChI=1S/C11H20F3N3/c12-11(13,14)8-16-3-5-17(6-4-16)10(7-15)9-1-2-9/h9-10H,1-8,15H2. The molecule has 2 aliphatic rings. The van der Waals surface area contributed by atoms with Crippen LogP contribution in [0.3, 0.4) is 0 Å². The normalized spacial score (nSPS) is 26.1. The number of rotatable bonds is 4. The van der Waals surface area contributed by atoms with Gasteiger partial charge in [0, 0.05) is 38.8 Å². The van der Waals surface area contributed by atoms with E-state index < -0.39 is 12.7 Å². The summed E-state index contributed by atoms with van der Waals surface area (Å²) >= 11 is 0. The van der Waals surface area contributed by atoms with E-state index in [1.165, 1.54) is 17.7 Å². The molecule has 2 fully saturated rings. The molecule has 1 saturated carbocycles. The van der Waals surface area contributed by atoms with Gasteiger partial charge >= 0.3 is 6.18 Å². The summed E-state index contributed by atoms with van der Waals surface area (Å²) in [5, 5.41) is 0. The predicted molar refractivity (Wildman–Crippen MR) is 59.6 cm³/mol. The summed E-state index contributed by atoms with van der Waals surface area (Å²) in [6.45, 7) is 2.29. The second kappa shape index (κ2) is 5.12. The fraction of sp³-hybridized carbons (Fsp3) is 1.00. The Bertz CT molecular complexity index is 245. The van der Waals surface area contributed by atoms with Crippen LogP contribution >= 0.6 is 0 Å². The minimum absolute atomic E-state index is 0.392. The number of alkyl halides is 3. The van der Waals surface area contributed by atoms with Crippen molar-refractivity contribution in [3.63, 3.8) is 0 Å². The molecule has 17 heavy (non-hydrogen) atoms. The van der Waals surface area contributed by atoms with Crippen LogP contribution in [0.25, 0.3) is 0 Å². The molecule has 1 heterocycles. The highest BCUT2D eigenvalue weighted by molar-refractivity contribution is 4.90. The number of hydrogen-bond donors (Lipinski definition) is 1. The van der Waals surface area contributed by atoms with Crippen LogP contribution < -0.4 is 5.73 Å². The quantitative estimate of drug-likeness (QED) is 0.806. The Balaban J connectivity index is 1.77. The molecule has 1 aliphatic heterocycles. The van der Waals surface area contributed by atoms with Crippen LogP contribution in [0.2, 0.25) is 0 Å². The van der Waals surface area contributed by atoms with Crippen LogP contribution in [0.5, 0.6) is 0 Å². The van der Waals surface area contributed by atoms with Gasteiger partial charge < -0.3 is 5.73 Å². The highest BCUT2D eigenvalue weighted by Gasteiger charge is 2.37. The van der Waals surface area contributed by atoms with Crippen LogP contribution in [0.1, 0.15) is 12.8 Å². The lowest BCUT2D eigenvalue weighted by Gasteiger charge is -2.39. The first-order chi connectivity index (χ1) is 7.99. The summed E-state index contributed by atoms with van der Waals surface area (Å²) in [5.41, 5.74) is 5.75. The lowest BCUT2D eigenvalue weighted by molar-refractivity contribution is -0.149. The summed E-state index contributed by atoms with van der Waals surface area (Å²) in [6, 6.07) is 0.392. The average molecular weight is 251 g/mol. The monoisotopic (exact) mass is 251 g/mol. The first-order valence-electron chi connectivity index (χ1n) is 6.23. The summed E-state index contributed by atoms with van der Waals surface area (Å²) in [7, 11) is 0. The molecule has 1 atom stereocenters. The Hall–Kier alpha value is -0.330. The Morgan fingerprint density at radius 1 is 1.12 bits per heavy atom. The summed E-state index contributed by atoms with van der Waals surface area (Å²) in [4.78, 5) is 3.75. The van der Waals surface area contributed by atoms with E-state index >= 15 is 0 Å². The number of nitrogens with two attached hydrogens (primary N) is 1. The van der Waals surface area contributed by atoms with Gasteiger partial charge in [0.15, 0.2) is 0 Å². The molecular weight excluding hydrogens is 231 g/mol. The van der Waals surface area contributed by atoms with Crippen LogP contribution in [0.15, 0.2) is 0 Å². The van der Waals surface area contributed by atoms with Crippen LogP contribution in [-0.4, -0.2) is 61.3 Å². The molecule has 0 aromatic rings. The van der Waals surface area contributed by atoms with Gasteiger partial charge in [-0.2, -0.15) is 13.2 Å². The van der Waals surface area contributed by atoms with Gasteiger partial charge in [0.25, 0.3) is 0 Å². The molecule has 0 spiro atoms. The van der Waals surface area contributed by atoms with E-state index in [1.54, 1.807) is 0 Å². The van der Waals surface area contributed by atoms with Gasteiger partial charge in [0.2, 0.25) is 0 Å². The number of hydrogen-bond acceptors (Lipinski definition) is 3. The van der Waals surface area contributed by atoms with Crippen molar-refractivity contribution in [3.05, 3.63) is 0 Å². The molecule has 100 valence electrons. The van der Waals surface area contributed by atoms with Crippen LogP contribution in [-0.2, 0) is 0 Å². The van der Waals surface area contributed by atoms with E-state index in [0.717, 1.165) is 0 Å². The number of piperazine rings is 1. The van der Waals surface area contributed by atoms with E-state index in [-0.39, 0.29) is 0 Å². The molecular formula is C11H20F3N3. The zero-order valence-corrected chi connectivity index (χ0v) is 9.92. The SMILES string of the molecule is NCC(C1CC1)N1CCN(CC(F)(F)F)CC1. The van der Waals surface area contributed by atoms with Gasteiger partial charge in [-0.3, -0.25) is 9.80 Å². The minimum atomic E-state index is -4.08. The van der Waals surface area contributed by atoms with E-state index in [1.807, 2.05) is 0 Å². The molecule has 0 amide bonds. The molecule has 6 heteroatoms. The largest absolute Gasteiger partial charge is 0.401 e. The zero-order chi connectivity index (χ0) is 12.5. The first kappa shape index (κ1) is 13.1. The summed E-state index contributed by atoms with van der Waals surface area (Å²) in [5.74, 6) is 0.689. The second-order valence-corrected chi connectivity index (χ2v) is 5.07. The van der Waals surface area contributed by atoms with Gasteiger partial charge in [-0.1, -0.05) is 0 Å². The summed E-state index contributed by atoms with van der Waals surface area (Å²) in [6.07, 6.45) is -1.62. The maximum Gasteiger partial charge on any atom is 0.401 e. The lowest BCUT2D eigenvalue weighted by Crippen LogP contribution is -2.54. The maximum atomic E-state index is 12.2. The number of nitrogens with zero attached hydrogens (tertiary/aromatic N) is 2. The molecule has 2 rings (SSSR count). The van der Waals surface area contributed by atoms with Crippen molar-refractivity contribution >= 4 is 0 Å². The fourth-order valence-corrected chi connectivity index (χ4v) is 2.63. The second-order valence-electron chi connectivity index (χ2n) is 5.07. The predicted octanol–water partition coefficient (Wildman–Crippen LogP) is 0.904. The first-order valence-corrected chi connectivity index (χ1v) is 6.23. The van der Waals surface area contributed by atoms with Crippen molar-refractivity contribution in [2.75, 3.05) is 39.3 Å². The average Bonchev–Trinajstić information content (AvgIpc) is 3.04. The van der Waals surface area contributed by atoms with Gasteiger partial charge in [-0.05, 0) is 18.8 Å². The molecule has 1 aliphatic carbocycles. The Morgan fingerprint density at radius 2 is 1.71 bits per heavy atom. The zero-order valence-electron chi connectivity index (χ0n) is 9.92. The third-order valence-electron chi connectivity index (χ3n) is 3.69. The van der Waals surface area contributed by atoms with Crippen molar-refractivity contribution in [3.8, 4) is 0 Å². The highest BCUT2D eigenvalue weighted by atomic mass is 19.4. The maximum absolute atomic E-state index is 12.2. The van der Waals surface area contributed by atoms with Crippen molar-refractivity contribution in [2.24, 2.45) is 11.7 Å². The lowest BCUT2D eigenvalue weighted by atomic mass is 10.1. The van der Waals surface area contributed by atoms with Crippen molar-refractivity contribution in [1.29, 1.82) is 0 Å². The molecule has 0 aromatic carbocycles. The minimum Gasteiger partial charge on any atom is -0.329 e. The molecule has 1 unspecified atom stereocenters. The molecule has 0 aromatic heterocycles. The van der Waals surface area contributed by atoms with Crippen molar-refractivity contribution < 1.29 is 13.2 Å². The Labute approximate surface area is 99.7 Å². The van der Waals surface area contributed by atoms with Gasteiger partial charge in [-0.25, -0.2) is 0 Å². The molecule has 1 saturated heterocycles. The molecule has 3 nitrogen and oxygen atoms in total. The Kier molecular flexibility index (Phi) is 3.95. The van der Waals surface area contributed by atoms with E-state index in [0.29, 0.717) is 44.7 Å². The van der Waals surface area contributed by atoms with Crippen molar-refractivity contribution in [2.45, 2.75) is 25.1 Å². The smallest absolute Gasteiger partial charge is 0.329 e. The van der Waals surface area contributed by atoms with Crippen LogP contribution in [0, 0.1) is 5.92 Å². The van der Waals surface area contributed by atoms with E-state index in [9.17, 15) is 13.2 Å². The highest BCUT2D eigenvalue weighted by Crippen LogP contribution is 2.35. The van der Waals surface area contributed by atoms with Gasteiger partial charge in [-0.15, -0.1) is 0 Å². The van der Waals surface area contributed by atoms with Gasteiger partial charge in [0.1, 0.15) is 0 Å². The number of halogens is 3. The summed E-state index contributed by atoms with van der Waals surface area (Å²) < 4.78 is 36.7. The van der Waals surface area contributed by atoms with E-state index in [2.05, 4.69) is 4.90 Å². The van der Waals surface area contributed by atoms with Crippen LogP contribution in [0.4, 0.5) is 13.2 Å². The third-order valence-corrected chi connectivity index (χ3v) is 3.69. The van der Waals surface area contributed by atoms with Gasteiger partial charge in [0.05, 0.1) is 6.54 Å². The van der Waals surface area contributed by atoms with Crippen molar-refractivity contribution in [1.82, 2.24) is 9.80 Å². The Morgan fingerprint density at radius 3 is 2.12 bits per heavy atom. The fourth-order valence-electron chi connectivity index (χ4n) is 2.63. The molecule has 0 radical (unpaired) electrons. The topological polar surface area (TPSA) is 32.5 Å². The third kappa shape index (κ3) is 3.82. The van der Waals surface area contributed by atoms with E-state index in [4.69, 9.17) is 5.73 Å². The molecule has 0 bridgehead atoms. The molecule has 2 N–H and O–H groups in total.